The molecule has 14 nitrogen and oxygen atoms in total. The maximum atomic E-state index is 13.8. The number of β-amino-alcohol motifs (C(OH)–C–C–N with tert-alkyl or cyclic N) is 1. The molecule has 4 rings (SSSR count). The largest absolute Gasteiger partial charge is 0.445 e. The zero-order chi connectivity index (χ0) is 36.3. The molecule has 0 aliphatic carbocycles. The maximum Gasteiger partial charge on any atom is 0.410 e. The molecule has 16 heteroatoms. The molecule has 3 aliphatic rings. The Morgan fingerprint density at radius 2 is 1.76 bits per heavy atom. The van der Waals surface area contributed by atoms with Gasteiger partial charge in [0.15, 0.2) is 13.4 Å². The Labute approximate surface area is 293 Å². The molecule has 0 aromatic heterocycles. The van der Waals surface area contributed by atoms with Gasteiger partial charge in [0, 0.05) is 62.6 Å². The van der Waals surface area contributed by atoms with E-state index in [1.165, 1.54) is 29.2 Å². The van der Waals surface area contributed by atoms with Crippen LogP contribution in [0.2, 0.25) is 18.1 Å². The van der Waals surface area contributed by atoms with Gasteiger partial charge in [-0.1, -0.05) is 39.5 Å². The van der Waals surface area contributed by atoms with Gasteiger partial charge in [-0.2, -0.15) is 0 Å². The molecule has 3 aliphatic heterocycles. The van der Waals surface area contributed by atoms with Gasteiger partial charge in [0.05, 0.1) is 29.6 Å². The van der Waals surface area contributed by atoms with E-state index in [-0.39, 0.29) is 71.2 Å². The summed E-state index contributed by atoms with van der Waals surface area (Å²) in [6.07, 6.45) is -0.800. The van der Waals surface area contributed by atoms with E-state index in [0.717, 1.165) is 11.8 Å². The lowest BCUT2D eigenvalue weighted by Crippen LogP contribution is -2.66. The smallest absolute Gasteiger partial charge is 0.410 e. The van der Waals surface area contributed by atoms with Gasteiger partial charge >= 0.3 is 6.09 Å². The van der Waals surface area contributed by atoms with Crippen LogP contribution in [-0.4, -0.2) is 125 Å². The van der Waals surface area contributed by atoms with E-state index in [0.29, 0.717) is 38.3 Å². The van der Waals surface area contributed by atoms with E-state index in [1.54, 1.807) is 11.8 Å². The Balaban J connectivity index is 1.42. The molecule has 2 N–H and O–H groups in total. The monoisotopic (exact) mass is 721 g/mol. The van der Waals surface area contributed by atoms with Crippen LogP contribution in [0.4, 0.5) is 10.5 Å². The minimum absolute atomic E-state index is 0.0319. The lowest BCUT2D eigenvalue weighted by atomic mass is 9.79. The van der Waals surface area contributed by atoms with Gasteiger partial charge in [-0.15, -0.1) is 0 Å². The number of non-ortho nitro benzene ring substituents is 1. The SMILES string of the molecule is C[C@@H](O[Si](C)(C)C(C)(C)C)[C@H]1C(=O)N[C@@H]1[C@@H](C)C(=O)S[C@H]1C[C@@H](C(=O)N2CCN(CCO)CC2)N(C(=O)OCc2ccc([N+](=O)[O-])cc2)C1. The quantitative estimate of drug-likeness (QED) is 0.141. The predicted molar refractivity (Wildman–Crippen MR) is 187 cm³/mol. The van der Waals surface area contributed by atoms with Crippen LogP contribution in [0.1, 0.15) is 46.6 Å². The van der Waals surface area contributed by atoms with Gasteiger partial charge in [0.2, 0.25) is 11.8 Å². The number of likely N-dealkylation sites (tertiary alicyclic amines) is 1. The third kappa shape index (κ3) is 9.20. The van der Waals surface area contributed by atoms with Crippen molar-refractivity contribution in [3.05, 3.63) is 39.9 Å². The van der Waals surface area contributed by atoms with Crippen LogP contribution < -0.4 is 5.32 Å². The molecule has 6 atom stereocenters. The highest BCUT2D eigenvalue weighted by Gasteiger charge is 2.51. The van der Waals surface area contributed by atoms with Crippen LogP contribution in [0, 0.1) is 22.0 Å². The molecule has 3 fully saturated rings. The number of nitrogens with one attached hydrogen (secondary N) is 1. The highest BCUT2D eigenvalue weighted by Crippen LogP contribution is 2.40. The second-order valence-corrected chi connectivity index (χ2v) is 20.8. The molecule has 0 unspecified atom stereocenters. The van der Waals surface area contributed by atoms with Gasteiger partial charge in [0.25, 0.3) is 5.69 Å². The normalized spacial score (nSPS) is 24.5. The van der Waals surface area contributed by atoms with E-state index in [2.05, 4.69) is 44.1 Å². The fourth-order valence-electron chi connectivity index (χ4n) is 6.30. The Kier molecular flexibility index (Phi) is 12.6. The Morgan fingerprint density at radius 3 is 2.31 bits per heavy atom. The van der Waals surface area contributed by atoms with Crippen LogP contribution in [0.5, 0.6) is 0 Å². The number of benzene rings is 1. The molecule has 0 saturated carbocycles. The number of amides is 3. The summed E-state index contributed by atoms with van der Waals surface area (Å²) in [5, 5.41) is 22.7. The van der Waals surface area contributed by atoms with Gasteiger partial charge < -0.3 is 24.5 Å². The molecule has 1 aromatic carbocycles. The van der Waals surface area contributed by atoms with Crippen molar-refractivity contribution in [3.63, 3.8) is 0 Å². The number of thioether (sulfide) groups is 1. The van der Waals surface area contributed by atoms with Gasteiger partial charge in [0.1, 0.15) is 12.6 Å². The Hall–Kier alpha value is -3.05. The number of carbonyl (C=O) groups is 4. The number of nitro groups is 1. The number of hydrogen-bond acceptors (Lipinski definition) is 11. The van der Waals surface area contributed by atoms with E-state index in [1.807, 2.05) is 6.92 Å². The molecule has 272 valence electrons. The number of aliphatic hydroxyl groups excluding tert-OH is 1. The lowest BCUT2D eigenvalue weighted by Gasteiger charge is -2.46. The van der Waals surface area contributed by atoms with Crippen molar-refractivity contribution in [2.75, 3.05) is 45.9 Å². The molecule has 0 bridgehead atoms. The van der Waals surface area contributed by atoms with Crippen molar-refractivity contribution in [2.45, 2.75) is 89.2 Å². The first kappa shape index (κ1) is 38.7. The molecule has 1 aromatic rings. The third-order valence-corrected chi connectivity index (χ3v) is 16.2. The summed E-state index contributed by atoms with van der Waals surface area (Å²) in [6.45, 7) is 17.0. The van der Waals surface area contributed by atoms with Crippen LogP contribution >= 0.6 is 11.8 Å². The number of aliphatic hydroxyl groups is 1. The standard InChI is InChI=1S/C33H51N5O9SSi/c1-21(28-27(29(40)34-28)22(2)47-49(6,7)33(3,4)5)31(42)48-25-18-26(30(41)36-14-12-35(13-15-36)16-17-39)37(19-25)32(43)46-20-23-8-10-24(11-9-23)38(44)45/h8-11,21-22,25-28,39H,12-20H2,1-7H3,(H,34,40)/t21-,22-,25+,26+,27-,28-/m1/s1. The second-order valence-electron chi connectivity index (χ2n) is 14.8. The number of nitrogens with zero attached hydrogens (tertiary/aromatic N) is 4. The minimum Gasteiger partial charge on any atom is -0.445 e. The van der Waals surface area contributed by atoms with Crippen molar-refractivity contribution >= 4 is 48.8 Å². The minimum atomic E-state index is -2.16. The van der Waals surface area contributed by atoms with Crippen molar-refractivity contribution < 1.29 is 38.4 Å². The van der Waals surface area contributed by atoms with Crippen LogP contribution in [0.3, 0.4) is 0 Å². The predicted octanol–water partition coefficient (Wildman–Crippen LogP) is 3.23. The summed E-state index contributed by atoms with van der Waals surface area (Å²) < 4.78 is 12.1. The summed E-state index contributed by atoms with van der Waals surface area (Å²) in [5.74, 6) is -1.33. The maximum absolute atomic E-state index is 13.8. The molecule has 0 radical (unpaired) electrons. The van der Waals surface area contributed by atoms with E-state index < -0.39 is 37.2 Å². The average molecular weight is 722 g/mol. The third-order valence-electron chi connectivity index (χ3n) is 10.4. The summed E-state index contributed by atoms with van der Waals surface area (Å²) in [4.78, 5) is 69.3. The summed E-state index contributed by atoms with van der Waals surface area (Å²) >= 11 is 1.10. The van der Waals surface area contributed by atoms with E-state index in [9.17, 15) is 34.4 Å². The van der Waals surface area contributed by atoms with Crippen LogP contribution in [0.25, 0.3) is 0 Å². The highest BCUT2D eigenvalue weighted by molar-refractivity contribution is 8.14. The average Bonchev–Trinajstić information content (AvgIpc) is 3.45. The van der Waals surface area contributed by atoms with Crippen LogP contribution in [0.15, 0.2) is 24.3 Å². The van der Waals surface area contributed by atoms with Gasteiger partial charge in [-0.3, -0.25) is 34.3 Å². The molecular weight excluding hydrogens is 671 g/mol. The first-order valence-electron chi connectivity index (χ1n) is 16.9. The number of carbonyl (C=O) groups excluding carboxylic acids is 4. The van der Waals surface area contributed by atoms with Crippen molar-refractivity contribution in [1.82, 2.24) is 20.0 Å². The zero-order valence-electron chi connectivity index (χ0n) is 29.5. The number of piperazine rings is 1. The van der Waals surface area contributed by atoms with Crippen LogP contribution in [-0.2, 0) is 30.2 Å². The first-order valence-corrected chi connectivity index (χ1v) is 20.7. The molecule has 3 saturated heterocycles. The fraction of sp³-hybridized carbons (Fsp3) is 0.697. The van der Waals surface area contributed by atoms with E-state index >= 15 is 0 Å². The number of hydrogen-bond donors (Lipinski definition) is 2. The van der Waals surface area contributed by atoms with Gasteiger partial charge in [-0.05, 0) is 49.2 Å². The number of β-lactam (4-membered cyclic amide) rings is 1. The topological polar surface area (TPSA) is 172 Å². The van der Waals surface area contributed by atoms with Crippen molar-refractivity contribution in [2.24, 2.45) is 11.8 Å². The first-order chi connectivity index (χ1) is 22.9. The zero-order valence-corrected chi connectivity index (χ0v) is 31.4. The summed E-state index contributed by atoms with van der Waals surface area (Å²) in [5.41, 5.74) is 0.475. The van der Waals surface area contributed by atoms with Gasteiger partial charge in [-0.25, -0.2) is 4.79 Å². The Morgan fingerprint density at radius 1 is 1.12 bits per heavy atom. The Bertz CT molecular complexity index is 1380. The summed E-state index contributed by atoms with van der Waals surface area (Å²) in [7, 11) is -2.16. The number of nitro benzene ring substituents is 1. The van der Waals surface area contributed by atoms with Crippen molar-refractivity contribution in [1.29, 1.82) is 0 Å². The van der Waals surface area contributed by atoms with Crippen molar-refractivity contribution in [3.8, 4) is 0 Å². The molecule has 0 spiro atoms. The lowest BCUT2D eigenvalue weighted by molar-refractivity contribution is -0.384. The fourth-order valence-corrected chi connectivity index (χ4v) is 8.93. The number of ether oxygens (including phenoxy) is 1. The summed E-state index contributed by atoms with van der Waals surface area (Å²) in [6, 6.07) is 4.46. The molecular formula is C33H51N5O9SSi. The molecule has 3 heterocycles. The second kappa shape index (κ2) is 15.9. The highest BCUT2D eigenvalue weighted by atomic mass is 32.2. The van der Waals surface area contributed by atoms with E-state index in [4.69, 9.17) is 9.16 Å². The number of rotatable bonds is 12. The molecule has 49 heavy (non-hydrogen) atoms. The molecule has 3 amide bonds.